The van der Waals surface area contributed by atoms with Crippen LogP contribution >= 0.6 is 11.8 Å². The molecule has 0 saturated heterocycles. The molecule has 0 fully saturated rings. The van der Waals surface area contributed by atoms with Gasteiger partial charge < -0.3 is 14.2 Å². The van der Waals surface area contributed by atoms with Crippen molar-refractivity contribution in [3.63, 3.8) is 0 Å². The number of carbonyl (C=O) groups is 2. The predicted octanol–water partition coefficient (Wildman–Crippen LogP) is 2.67. The Morgan fingerprint density at radius 1 is 1.19 bits per heavy atom. The van der Waals surface area contributed by atoms with Crippen molar-refractivity contribution in [2.45, 2.75) is 26.4 Å². The molecule has 6 heteroatoms. The van der Waals surface area contributed by atoms with Crippen molar-refractivity contribution in [3.05, 3.63) is 23.8 Å². The maximum absolute atomic E-state index is 12.0. The molecule has 0 aliphatic carbocycles. The number of Topliss-reactive ketones (excluding diaryl/α,β-unsaturated/α-hetero) is 1. The zero-order valence-corrected chi connectivity index (χ0v) is 13.1. The van der Waals surface area contributed by atoms with Crippen molar-refractivity contribution in [3.8, 4) is 11.5 Å². The van der Waals surface area contributed by atoms with Crippen molar-refractivity contribution in [2.24, 2.45) is 0 Å². The lowest BCUT2D eigenvalue weighted by atomic mass is 10.1. The molecule has 21 heavy (non-hydrogen) atoms. The Morgan fingerprint density at radius 2 is 1.90 bits per heavy atom. The smallest absolute Gasteiger partial charge is 0.316 e. The second-order valence-electron chi connectivity index (χ2n) is 5.57. The van der Waals surface area contributed by atoms with Gasteiger partial charge in [-0.3, -0.25) is 9.59 Å². The Balaban J connectivity index is 1.81. The van der Waals surface area contributed by atoms with Crippen LogP contribution < -0.4 is 9.47 Å². The summed E-state index contributed by atoms with van der Waals surface area (Å²) < 4.78 is 15.6. The first-order valence-corrected chi connectivity index (χ1v) is 7.73. The number of rotatable bonds is 5. The molecule has 0 spiro atoms. The molecule has 1 heterocycles. The molecule has 0 amide bonds. The number of thioether (sulfide) groups is 1. The Morgan fingerprint density at radius 3 is 2.62 bits per heavy atom. The fourth-order valence-corrected chi connectivity index (χ4v) is 2.43. The third-order valence-corrected chi connectivity index (χ3v) is 3.47. The van der Waals surface area contributed by atoms with Crippen LogP contribution in [0.5, 0.6) is 11.5 Å². The molecular formula is C15H18O5S. The summed E-state index contributed by atoms with van der Waals surface area (Å²) in [5.41, 5.74) is 0.0508. The van der Waals surface area contributed by atoms with E-state index in [4.69, 9.17) is 14.2 Å². The van der Waals surface area contributed by atoms with Crippen molar-refractivity contribution >= 4 is 23.5 Å². The first-order chi connectivity index (χ1) is 9.85. The number of carbonyl (C=O) groups excluding carboxylic acids is 2. The van der Waals surface area contributed by atoms with Crippen molar-refractivity contribution in [1.82, 2.24) is 0 Å². The molecule has 1 aromatic rings. The SMILES string of the molecule is CC(C)(C)OC(=O)CSCC(=O)c1ccc2c(c1)OCO2. The van der Waals surface area contributed by atoms with Crippen LogP contribution in [0, 0.1) is 0 Å². The van der Waals surface area contributed by atoms with Crippen LogP contribution in [0.1, 0.15) is 31.1 Å². The monoisotopic (exact) mass is 310 g/mol. The molecule has 114 valence electrons. The van der Waals surface area contributed by atoms with Gasteiger partial charge >= 0.3 is 5.97 Å². The van der Waals surface area contributed by atoms with Gasteiger partial charge in [0.2, 0.25) is 6.79 Å². The minimum atomic E-state index is -0.501. The summed E-state index contributed by atoms with van der Waals surface area (Å²) in [6.45, 7) is 5.62. The van der Waals surface area contributed by atoms with Gasteiger partial charge in [-0.2, -0.15) is 0 Å². The van der Waals surface area contributed by atoms with Gasteiger partial charge in [0.05, 0.1) is 11.5 Å². The third-order valence-electron chi connectivity index (χ3n) is 2.57. The summed E-state index contributed by atoms with van der Waals surface area (Å²) in [6, 6.07) is 5.08. The van der Waals surface area contributed by atoms with Crippen LogP contribution in [0.2, 0.25) is 0 Å². The van der Waals surface area contributed by atoms with Gasteiger partial charge in [0.1, 0.15) is 5.60 Å². The van der Waals surface area contributed by atoms with Crippen molar-refractivity contribution in [1.29, 1.82) is 0 Å². The average Bonchev–Trinajstić information content (AvgIpc) is 2.83. The maximum atomic E-state index is 12.0. The van der Waals surface area contributed by atoms with Crippen LogP contribution in [0.25, 0.3) is 0 Å². The van der Waals surface area contributed by atoms with Gasteiger partial charge in [-0.15, -0.1) is 11.8 Å². The molecule has 0 unspecified atom stereocenters. The zero-order valence-electron chi connectivity index (χ0n) is 12.3. The van der Waals surface area contributed by atoms with E-state index in [-0.39, 0.29) is 30.1 Å². The number of ether oxygens (including phenoxy) is 3. The van der Waals surface area contributed by atoms with E-state index in [0.717, 1.165) is 0 Å². The van der Waals surface area contributed by atoms with Gasteiger partial charge in [-0.25, -0.2) is 0 Å². The lowest BCUT2D eigenvalue weighted by molar-refractivity contribution is -0.151. The Bertz CT molecular complexity index is 547. The van der Waals surface area contributed by atoms with E-state index in [9.17, 15) is 9.59 Å². The highest BCUT2D eigenvalue weighted by Crippen LogP contribution is 2.32. The molecule has 1 aliphatic heterocycles. The van der Waals surface area contributed by atoms with E-state index in [1.165, 1.54) is 11.8 Å². The standard InChI is InChI=1S/C15H18O5S/c1-15(2,3)20-14(17)8-21-7-11(16)10-4-5-12-13(6-10)19-9-18-12/h4-6H,7-9H2,1-3H3. The molecule has 5 nitrogen and oxygen atoms in total. The fourth-order valence-electron chi connectivity index (χ4n) is 1.75. The lowest BCUT2D eigenvalue weighted by Crippen LogP contribution is -2.25. The van der Waals surface area contributed by atoms with Crippen molar-refractivity contribution in [2.75, 3.05) is 18.3 Å². The van der Waals surface area contributed by atoms with E-state index in [1.54, 1.807) is 18.2 Å². The highest BCUT2D eigenvalue weighted by Gasteiger charge is 2.18. The molecule has 0 N–H and O–H groups in total. The molecule has 0 saturated carbocycles. The Labute approximate surface area is 127 Å². The highest BCUT2D eigenvalue weighted by atomic mass is 32.2. The number of hydrogen-bond acceptors (Lipinski definition) is 6. The predicted molar refractivity (Wildman–Crippen MR) is 80.1 cm³/mol. The maximum Gasteiger partial charge on any atom is 0.316 e. The number of hydrogen-bond donors (Lipinski definition) is 0. The van der Waals surface area contributed by atoms with E-state index < -0.39 is 5.60 Å². The number of esters is 1. The summed E-state index contributed by atoms with van der Waals surface area (Å²) in [4.78, 5) is 23.6. The number of ketones is 1. The molecule has 0 radical (unpaired) electrons. The van der Waals surface area contributed by atoms with Gasteiger partial charge in [0, 0.05) is 5.56 Å². The summed E-state index contributed by atoms with van der Waals surface area (Å²) in [7, 11) is 0. The summed E-state index contributed by atoms with van der Waals surface area (Å²) >= 11 is 1.24. The summed E-state index contributed by atoms with van der Waals surface area (Å²) in [5.74, 6) is 1.24. The van der Waals surface area contributed by atoms with Crippen LogP contribution in [0.15, 0.2) is 18.2 Å². The van der Waals surface area contributed by atoms with Crippen LogP contribution in [-0.2, 0) is 9.53 Å². The zero-order chi connectivity index (χ0) is 15.5. The normalized spacial score (nSPS) is 13.1. The molecule has 0 bridgehead atoms. The van der Waals surface area contributed by atoms with Gasteiger partial charge in [0.25, 0.3) is 0 Å². The largest absolute Gasteiger partial charge is 0.459 e. The average molecular weight is 310 g/mol. The van der Waals surface area contributed by atoms with Crippen LogP contribution in [0.3, 0.4) is 0 Å². The number of fused-ring (bicyclic) bond motifs is 1. The van der Waals surface area contributed by atoms with Gasteiger partial charge in [-0.05, 0) is 39.0 Å². The quantitative estimate of drug-likeness (QED) is 0.615. The third kappa shape index (κ3) is 4.67. The molecule has 1 aliphatic rings. The van der Waals surface area contributed by atoms with E-state index >= 15 is 0 Å². The fraction of sp³-hybridized carbons (Fsp3) is 0.467. The molecule has 0 aromatic heterocycles. The minimum absolute atomic E-state index is 0.0538. The molecule has 0 atom stereocenters. The van der Waals surface area contributed by atoms with Crippen LogP contribution in [0.4, 0.5) is 0 Å². The van der Waals surface area contributed by atoms with E-state index in [1.807, 2.05) is 20.8 Å². The first-order valence-electron chi connectivity index (χ1n) is 6.57. The first kappa shape index (κ1) is 15.7. The van der Waals surface area contributed by atoms with Gasteiger partial charge in [-0.1, -0.05) is 0 Å². The van der Waals surface area contributed by atoms with E-state index in [2.05, 4.69) is 0 Å². The Hall–Kier alpha value is -1.69. The highest BCUT2D eigenvalue weighted by molar-refractivity contribution is 8.00. The summed E-state index contributed by atoms with van der Waals surface area (Å²) in [5, 5.41) is 0. The molecule has 2 rings (SSSR count). The minimum Gasteiger partial charge on any atom is -0.459 e. The van der Waals surface area contributed by atoms with E-state index in [0.29, 0.717) is 17.1 Å². The van der Waals surface area contributed by atoms with Crippen LogP contribution in [-0.4, -0.2) is 35.7 Å². The molecule has 1 aromatic carbocycles. The second kappa shape index (κ2) is 6.39. The lowest BCUT2D eigenvalue weighted by Gasteiger charge is -2.19. The summed E-state index contributed by atoms with van der Waals surface area (Å²) in [6.07, 6.45) is 0. The van der Waals surface area contributed by atoms with Crippen molar-refractivity contribution < 1.29 is 23.8 Å². The number of benzene rings is 1. The second-order valence-corrected chi connectivity index (χ2v) is 6.56. The van der Waals surface area contributed by atoms with Gasteiger partial charge in [0.15, 0.2) is 17.3 Å². The molecular weight excluding hydrogens is 292 g/mol. The topological polar surface area (TPSA) is 61.8 Å². The Kier molecular flexibility index (Phi) is 4.77.